The number of allylic oxidation sites excluding steroid dienone is 1. The molecule has 0 aromatic heterocycles. The second-order valence-electron chi connectivity index (χ2n) is 11.7. The third kappa shape index (κ3) is 7.30. The predicted octanol–water partition coefficient (Wildman–Crippen LogP) is 6.38. The van der Waals surface area contributed by atoms with E-state index in [0.29, 0.717) is 18.5 Å². The minimum absolute atomic E-state index is 0.191. The first-order valence-electron chi connectivity index (χ1n) is 13.3. The topological polar surface area (TPSA) is 59.1 Å². The van der Waals surface area contributed by atoms with Crippen molar-refractivity contribution in [2.75, 3.05) is 6.54 Å². The van der Waals surface area contributed by atoms with Crippen molar-refractivity contribution in [2.24, 2.45) is 0 Å². The fraction of sp³-hybridized carbons (Fsp3) is 0.655. The van der Waals surface area contributed by atoms with Crippen LogP contribution in [-0.4, -0.2) is 57.9 Å². The third-order valence-electron chi connectivity index (χ3n) is 6.91. The molecule has 6 nitrogen and oxygen atoms in total. The summed E-state index contributed by atoms with van der Waals surface area (Å²) in [7, 11) is 0. The van der Waals surface area contributed by atoms with Gasteiger partial charge in [0.25, 0.3) is 0 Å². The molecular formula is C29H42F2N2O4. The molecular weight excluding hydrogens is 478 g/mol. The van der Waals surface area contributed by atoms with Gasteiger partial charge in [-0.15, -0.1) is 0 Å². The molecule has 2 heterocycles. The Labute approximate surface area is 220 Å². The Hall–Kier alpha value is -2.48. The third-order valence-corrected chi connectivity index (χ3v) is 6.91. The number of benzene rings is 1. The summed E-state index contributed by atoms with van der Waals surface area (Å²) in [5, 5.41) is 0. The Morgan fingerprint density at radius 2 is 1.81 bits per heavy atom. The molecule has 3 atom stereocenters. The van der Waals surface area contributed by atoms with Crippen LogP contribution in [0.2, 0.25) is 0 Å². The van der Waals surface area contributed by atoms with Gasteiger partial charge < -0.3 is 14.4 Å². The maximum atomic E-state index is 14.0. The largest absolute Gasteiger partial charge is 0.444 e. The van der Waals surface area contributed by atoms with Crippen molar-refractivity contribution >= 4 is 12.0 Å². The molecule has 0 N–H and O–H groups in total. The maximum Gasteiger partial charge on any atom is 0.410 e. The van der Waals surface area contributed by atoms with E-state index in [9.17, 15) is 18.4 Å². The van der Waals surface area contributed by atoms with Crippen LogP contribution >= 0.6 is 0 Å². The number of halogens is 2. The molecule has 2 saturated heterocycles. The van der Waals surface area contributed by atoms with Gasteiger partial charge in [-0.05, 0) is 78.0 Å². The van der Waals surface area contributed by atoms with Crippen molar-refractivity contribution in [3.63, 3.8) is 0 Å². The van der Waals surface area contributed by atoms with Crippen molar-refractivity contribution in [2.45, 2.75) is 117 Å². The van der Waals surface area contributed by atoms with Crippen LogP contribution in [0.3, 0.4) is 0 Å². The van der Waals surface area contributed by atoms with Crippen molar-refractivity contribution < 1.29 is 27.8 Å². The van der Waals surface area contributed by atoms with Crippen LogP contribution in [0.4, 0.5) is 13.6 Å². The number of likely N-dealkylation sites (tertiary alicyclic amines) is 1. The lowest BCUT2D eigenvalue weighted by Gasteiger charge is -2.34. The van der Waals surface area contributed by atoms with Crippen molar-refractivity contribution in [1.82, 2.24) is 9.80 Å². The van der Waals surface area contributed by atoms with Crippen LogP contribution < -0.4 is 0 Å². The monoisotopic (exact) mass is 520 g/mol. The molecule has 0 spiro atoms. The highest BCUT2D eigenvalue weighted by molar-refractivity contribution is 5.75. The molecule has 0 bridgehead atoms. The van der Waals surface area contributed by atoms with Gasteiger partial charge in [0.15, 0.2) is 0 Å². The molecule has 2 fully saturated rings. The van der Waals surface area contributed by atoms with E-state index in [-0.39, 0.29) is 18.4 Å². The average Bonchev–Trinajstić information content (AvgIpc) is 3.27. The van der Waals surface area contributed by atoms with E-state index in [1.807, 2.05) is 34.6 Å². The summed E-state index contributed by atoms with van der Waals surface area (Å²) < 4.78 is 40.3. The molecule has 0 saturated carbocycles. The molecule has 37 heavy (non-hydrogen) atoms. The van der Waals surface area contributed by atoms with Crippen molar-refractivity contribution in [3.8, 4) is 0 Å². The molecule has 206 valence electrons. The van der Waals surface area contributed by atoms with Crippen LogP contribution in [0.25, 0.3) is 0 Å². The number of ether oxygens (including phenoxy) is 2. The fourth-order valence-electron chi connectivity index (χ4n) is 5.58. The number of hydrogen-bond acceptors (Lipinski definition) is 4. The molecule has 2 aliphatic heterocycles. The molecule has 2 amide bonds. The first kappa shape index (κ1) is 29.1. The van der Waals surface area contributed by atoms with Gasteiger partial charge in [0.2, 0.25) is 5.91 Å². The standard InChI is InChI=1S/C29H42F2N2O4/c1-8-9-10-11-12-20-15-24(32(18-20)27(35)37-28(3,4)5)26-25(33(19(2)34)29(6,7)36-26)16-21-13-22(30)17-23(31)14-21/h12-14,17,24-26H,8-11,15-16,18H2,1-7H3/t24-,25+,26-/m1/s1. The first-order chi connectivity index (χ1) is 17.2. The zero-order valence-electron chi connectivity index (χ0n) is 23.3. The van der Waals surface area contributed by atoms with Gasteiger partial charge in [-0.3, -0.25) is 9.69 Å². The number of amides is 2. The zero-order chi connectivity index (χ0) is 27.5. The summed E-state index contributed by atoms with van der Waals surface area (Å²) in [6.07, 6.45) is 6.26. The van der Waals surface area contributed by atoms with Crippen molar-refractivity contribution in [3.05, 3.63) is 47.0 Å². The molecule has 2 aliphatic rings. The highest BCUT2D eigenvalue weighted by Gasteiger charge is 2.54. The second-order valence-corrected chi connectivity index (χ2v) is 11.7. The zero-order valence-corrected chi connectivity index (χ0v) is 23.3. The van der Waals surface area contributed by atoms with E-state index >= 15 is 0 Å². The van der Waals surface area contributed by atoms with Crippen LogP contribution in [0, 0.1) is 11.6 Å². The molecule has 0 radical (unpaired) electrons. The fourth-order valence-corrected chi connectivity index (χ4v) is 5.58. The summed E-state index contributed by atoms with van der Waals surface area (Å²) in [5.74, 6) is -1.55. The molecule has 0 aliphatic carbocycles. The quantitative estimate of drug-likeness (QED) is 0.309. The summed E-state index contributed by atoms with van der Waals surface area (Å²) in [5.41, 5.74) is -0.0720. The van der Waals surface area contributed by atoms with E-state index in [1.165, 1.54) is 19.1 Å². The van der Waals surface area contributed by atoms with Crippen LogP contribution in [0.1, 0.15) is 86.1 Å². The molecule has 3 rings (SSSR count). The molecule has 0 unspecified atom stereocenters. The van der Waals surface area contributed by atoms with E-state index in [2.05, 4.69) is 13.0 Å². The maximum absolute atomic E-state index is 14.0. The minimum Gasteiger partial charge on any atom is -0.444 e. The predicted molar refractivity (Wildman–Crippen MR) is 139 cm³/mol. The van der Waals surface area contributed by atoms with Gasteiger partial charge in [-0.1, -0.05) is 31.4 Å². The SMILES string of the molecule is CCCCCC=C1C[C@H]([C@H]2OC(C)(C)N(C(C)=O)[C@H]2Cc2cc(F)cc(F)c2)N(C(=O)OC(C)(C)C)C1. The van der Waals surface area contributed by atoms with Gasteiger partial charge in [-0.2, -0.15) is 0 Å². The van der Waals surface area contributed by atoms with Gasteiger partial charge in [-0.25, -0.2) is 13.6 Å². The van der Waals surface area contributed by atoms with E-state index in [0.717, 1.165) is 37.3 Å². The lowest BCUT2D eigenvalue weighted by molar-refractivity contribution is -0.145. The number of nitrogens with zero attached hydrogens (tertiary/aromatic N) is 2. The van der Waals surface area contributed by atoms with Gasteiger partial charge >= 0.3 is 6.09 Å². The number of carbonyl (C=O) groups excluding carboxylic acids is 2. The number of rotatable bonds is 7. The Morgan fingerprint density at radius 1 is 1.16 bits per heavy atom. The van der Waals surface area contributed by atoms with Crippen LogP contribution in [-0.2, 0) is 20.7 Å². The lowest BCUT2D eigenvalue weighted by Crippen LogP contribution is -2.52. The first-order valence-corrected chi connectivity index (χ1v) is 13.3. The Balaban J connectivity index is 1.98. The highest BCUT2D eigenvalue weighted by atomic mass is 19.1. The average molecular weight is 521 g/mol. The normalized spacial score (nSPS) is 24.7. The van der Waals surface area contributed by atoms with Crippen molar-refractivity contribution in [1.29, 1.82) is 0 Å². The minimum atomic E-state index is -0.958. The molecule has 8 heteroatoms. The highest BCUT2D eigenvalue weighted by Crippen LogP contribution is 2.41. The van der Waals surface area contributed by atoms with E-state index in [1.54, 1.807) is 9.80 Å². The summed E-state index contributed by atoms with van der Waals surface area (Å²) >= 11 is 0. The smallest absolute Gasteiger partial charge is 0.410 e. The van der Waals surface area contributed by atoms with E-state index < -0.39 is 41.2 Å². The van der Waals surface area contributed by atoms with Gasteiger partial charge in [0.1, 0.15) is 29.1 Å². The lowest BCUT2D eigenvalue weighted by atomic mass is 9.93. The number of carbonyl (C=O) groups is 2. The Kier molecular flexibility index (Phi) is 9.04. The number of hydrogen-bond donors (Lipinski definition) is 0. The Morgan fingerprint density at radius 3 is 2.38 bits per heavy atom. The summed E-state index contributed by atoms with van der Waals surface area (Å²) in [6, 6.07) is 2.48. The second kappa shape index (κ2) is 11.5. The van der Waals surface area contributed by atoms with Crippen LogP contribution in [0.15, 0.2) is 29.8 Å². The summed E-state index contributed by atoms with van der Waals surface area (Å²) in [6.45, 7) is 13.1. The number of unbranched alkanes of at least 4 members (excludes halogenated alkanes) is 3. The van der Waals surface area contributed by atoms with E-state index in [4.69, 9.17) is 9.47 Å². The summed E-state index contributed by atoms with van der Waals surface area (Å²) in [4.78, 5) is 29.5. The molecule has 1 aromatic rings. The van der Waals surface area contributed by atoms with Crippen LogP contribution in [0.5, 0.6) is 0 Å². The van der Waals surface area contributed by atoms with Gasteiger partial charge in [0.05, 0.1) is 12.1 Å². The molecule has 1 aromatic carbocycles. The Bertz CT molecular complexity index is 997. The van der Waals surface area contributed by atoms with Gasteiger partial charge in [0, 0.05) is 19.5 Å².